The number of benzene rings is 1. The summed E-state index contributed by atoms with van der Waals surface area (Å²) in [6.45, 7) is 2.09. The summed E-state index contributed by atoms with van der Waals surface area (Å²) in [5.41, 5.74) is -0.678. The Bertz CT molecular complexity index is 506. The van der Waals surface area contributed by atoms with E-state index >= 15 is 0 Å². The molecule has 0 heterocycles. The van der Waals surface area contributed by atoms with Gasteiger partial charge in [-0.3, -0.25) is 0 Å². The lowest BCUT2D eigenvalue weighted by Crippen LogP contribution is -2.14. The van der Waals surface area contributed by atoms with Crippen LogP contribution in [0.4, 0.5) is 0 Å². The molecular formula is C13H14O6. The normalized spacial score (nSPS) is 9.95. The number of hydrogen-bond acceptors (Lipinski definition) is 4. The molecule has 1 aromatic carbocycles. The van der Waals surface area contributed by atoms with Crippen LogP contribution in [0.3, 0.4) is 0 Å². The van der Waals surface area contributed by atoms with Gasteiger partial charge in [0.1, 0.15) is 0 Å². The van der Waals surface area contributed by atoms with Gasteiger partial charge in [0.25, 0.3) is 0 Å². The zero-order valence-electron chi connectivity index (χ0n) is 10.4. The van der Waals surface area contributed by atoms with Gasteiger partial charge in [0, 0.05) is 0 Å². The molecule has 0 bridgehead atoms. The number of carbonyl (C=O) groups is 3. The molecule has 19 heavy (non-hydrogen) atoms. The lowest BCUT2D eigenvalue weighted by atomic mass is 10.0. The minimum absolute atomic E-state index is 0.160. The molecule has 0 saturated carbocycles. The van der Waals surface area contributed by atoms with Crippen molar-refractivity contribution < 1.29 is 29.3 Å². The third-order valence-corrected chi connectivity index (χ3v) is 2.45. The first kappa shape index (κ1) is 14.7. The quantitative estimate of drug-likeness (QED) is 0.603. The van der Waals surface area contributed by atoms with Crippen molar-refractivity contribution in [2.24, 2.45) is 0 Å². The van der Waals surface area contributed by atoms with Gasteiger partial charge in [-0.1, -0.05) is 13.3 Å². The van der Waals surface area contributed by atoms with Crippen molar-refractivity contribution in [3.8, 4) is 0 Å². The van der Waals surface area contributed by atoms with Crippen LogP contribution in [0.1, 0.15) is 50.8 Å². The van der Waals surface area contributed by atoms with Crippen molar-refractivity contribution in [3.05, 3.63) is 34.9 Å². The highest BCUT2D eigenvalue weighted by atomic mass is 16.5. The SMILES string of the molecule is CCCCOC(=O)c1cc(C(=O)O)ccc1C(=O)O. The van der Waals surface area contributed by atoms with Gasteiger partial charge in [0.15, 0.2) is 0 Å². The molecule has 0 spiro atoms. The monoisotopic (exact) mass is 266 g/mol. The molecule has 0 aliphatic carbocycles. The van der Waals surface area contributed by atoms with Gasteiger partial charge >= 0.3 is 17.9 Å². The van der Waals surface area contributed by atoms with Gasteiger partial charge in [-0.25, -0.2) is 14.4 Å². The smallest absolute Gasteiger partial charge is 0.339 e. The van der Waals surface area contributed by atoms with Gasteiger partial charge < -0.3 is 14.9 Å². The summed E-state index contributed by atoms with van der Waals surface area (Å²) in [5.74, 6) is -3.37. The number of carboxylic acid groups (broad SMARTS) is 2. The first-order valence-electron chi connectivity index (χ1n) is 5.75. The van der Waals surface area contributed by atoms with Crippen molar-refractivity contribution in [1.29, 1.82) is 0 Å². The number of esters is 1. The maximum atomic E-state index is 11.7. The van der Waals surface area contributed by atoms with E-state index in [4.69, 9.17) is 14.9 Å². The van der Waals surface area contributed by atoms with Crippen LogP contribution in [-0.4, -0.2) is 34.7 Å². The largest absolute Gasteiger partial charge is 0.478 e. The van der Waals surface area contributed by atoms with Crippen molar-refractivity contribution in [3.63, 3.8) is 0 Å². The van der Waals surface area contributed by atoms with E-state index in [-0.39, 0.29) is 23.3 Å². The molecule has 6 heteroatoms. The molecule has 0 fully saturated rings. The van der Waals surface area contributed by atoms with E-state index in [0.717, 1.165) is 24.6 Å². The summed E-state index contributed by atoms with van der Waals surface area (Å²) in [6.07, 6.45) is 1.49. The van der Waals surface area contributed by atoms with E-state index in [1.54, 1.807) is 0 Å². The maximum Gasteiger partial charge on any atom is 0.339 e. The molecular weight excluding hydrogens is 252 g/mol. The van der Waals surface area contributed by atoms with E-state index in [2.05, 4.69) is 0 Å². The third-order valence-electron chi connectivity index (χ3n) is 2.45. The highest BCUT2D eigenvalue weighted by molar-refractivity contribution is 6.04. The number of unbranched alkanes of at least 4 members (excludes halogenated alkanes) is 1. The molecule has 0 aliphatic rings. The van der Waals surface area contributed by atoms with Gasteiger partial charge in [-0.05, 0) is 24.6 Å². The first-order chi connectivity index (χ1) is 8.97. The van der Waals surface area contributed by atoms with E-state index in [0.29, 0.717) is 6.42 Å². The average Bonchev–Trinajstić information content (AvgIpc) is 2.37. The van der Waals surface area contributed by atoms with Crippen LogP contribution in [-0.2, 0) is 4.74 Å². The van der Waals surface area contributed by atoms with E-state index in [1.165, 1.54) is 0 Å². The Kier molecular flexibility index (Phi) is 5.05. The fourth-order valence-electron chi connectivity index (χ4n) is 1.42. The average molecular weight is 266 g/mol. The summed E-state index contributed by atoms with van der Waals surface area (Å²) < 4.78 is 4.90. The van der Waals surface area contributed by atoms with Gasteiger partial charge in [-0.2, -0.15) is 0 Å². The molecule has 6 nitrogen and oxygen atoms in total. The lowest BCUT2D eigenvalue weighted by Gasteiger charge is -2.07. The number of hydrogen-bond donors (Lipinski definition) is 2. The van der Waals surface area contributed by atoms with Crippen molar-refractivity contribution >= 4 is 17.9 Å². The Morgan fingerprint density at radius 3 is 2.32 bits per heavy atom. The fraction of sp³-hybridized carbons (Fsp3) is 0.308. The van der Waals surface area contributed by atoms with Gasteiger partial charge in [0.2, 0.25) is 0 Å². The van der Waals surface area contributed by atoms with E-state index in [1.807, 2.05) is 6.92 Å². The summed E-state index contributed by atoms with van der Waals surface area (Å²) in [6, 6.07) is 3.23. The molecule has 0 unspecified atom stereocenters. The fourth-order valence-corrected chi connectivity index (χ4v) is 1.42. The summed E-state index contributed by atoms with van der Waals surface area (Å²) in [7, 11) is 0. The van der Waals surface area contributed by atoms with Crippen LogP contribution in [0.2, 0.25) is 0 Å². The van der Waals surface area contributed by atoms with E-state index < -0.39 is 17.9 Å². The number of carbonyl (C=O) groups excluding carboxylic acids is 1. The standard InChI is InChI=1S/C13H14O6/c1-2-3-6-19-13(18)10-7-8(11(14)15)4-5-9(10)12(16)17/h4-5,7H,2-3,6H2,1H3,(H,14,15)(H,16,17). The second-order valence-corrected chi connectivity index (χ2v) is 3.86. The topological polar surface area (TPSA) is 101 Å². The van der Waals surface area contributed by atoms with E-state index in [9.17, 15) is 14.4 Å². The predicted molar refractivity (Wildman–Crippen MR) is 65.6 cm³/mol. The van der Waals surface area contributed by atoms with Crippen molar-refractivity contribution in [1.82, 2.24) is 0 Å². The molecule has 0 aliphatic heterocycles. The second kappa shape index (κ2) is 6.53. The molecule has 1 aromatic rings. The predicted octanol–water partition coefficient (Wildman–Crippen LogP) is 2.04. The number of rotatable bonds is 6. The van der Waals surface area contributed by atoms with Crippen LogP contribution < -0.4 is 0 Å². The summed E-state index contributed by atoms with van der Waals surface area (Å²) in [4.78, 5) is 33.5. The first-order valence-corrected chi connectivity index (χ1v) is 5.75. The Hall–Kier alpha value is -2.37. The van der Waals surface area contributed by atoms with Crippen LogP contribution in [0.5, 0.6) is 0 Å². The Morgan fingerprint density at radius 2 is 1.79 bits per heavy atom. The van der Waals surface area contributed by atoms with Gasteiger partial charge in [0.05, 0.1) is 23.3 Å². The van der Waals surface area contributed by atoms with Crippen LogP contribution in [0.25, 0.3) is 0 Å². The molecule has 0 aromatic heterocycles. The molecule has 0 radical (unpaired) electrons. The van der Waals surface area contributed by atoms with Crippen molar-refractivity contribution in [2.45, 2.75) is 19.8 Å². The van der Waals surface area contributed by atoms with Crippen LogP contribution in [0.15, 0.2) is 18.2 Å². The second-order valence-electron chi connectivity index (χ2n) is 3.86. The number of ether oxygens (including phenoxy) is 1. The molecule has 0 amide bonds. The van der Waals surface area contributed by atoms with Gasteiger partial charge in [-0.15, -0.1) is 0 Å². The Labute approximate surface area is 109 Å². The molecule has 2 N–H and O–H groups in total. The highest BCUT2D eigenvalue weighted by Crippen LogP contribution is 2.14. The minimum atomic E-state index is -1.31. The Balaban J connectivity index is 3.06. The lowest BCUT2D eigenvalue weighted by molar-refractivity contribution is 0.0489. The highest BCUT2D eigenvalue weighted by Gasteiger charge is 2.19. The minimum Gasteiger partial charge on any atom is -0.478 e. The summed E-state index contributed by atoms with van der Waals surface area (Å²) in [5, 5.41) is 17.8. The Morgan fingerprint density at radius 1 is 1.11 bits per heavy atom. The number of carboxylic acids is 2. The molecule has 0 saturated heterocycles. The molecule has 102 valence electrons. The van der Waals surface area contributed by atoms with Crippen molar-refractivity contribution in [2.75, 3.05) is 6.61 Å². The maximum absolute atomic E-state index is 11.7. The molecule has 0 atom stereocenters. The zero-order valence-corrected chi connectivity index (χ0v) is 10.4. The van der Waals surface area contributed by atoms with Crippen LogP contribution in [0, 0.1) is 0 Å². The third kappa shape index (κ3) is 3.80. The van der Waals surface area contributed by atoms with Crippen LogP contribution >= 0.6 is 0 Å². The molecule has 1 rings (SSSR count). The zero-order chi connectivity index (χ0) is 14.4. The summed E-state index contributed by atoms with van der Waals surface area (Å²) >= 11 is 0. The number of aromatic carboxylic acids is 2.